The van der Waals surface area contributed by atoms with Gasteiger partial charge in [0.05, 0.1) is 23.1 Å². The number of nitrogens with one attached hydrogen (secondary N) is 2. The number of para-hydroxylation sites is 1. The normalized spacial score (nSPS) is 10.0. The molecule has 0 radical (unpaired) electrons. The molecule has 0 bridgehead atoms. The molecule has 1 amide bonds. The van der Waals surface area contributed by atoms with Gasteiger partial charge in [0.1, 0.15) is 11.8 Å². The summed E-state index contributed by atoms with van der Waals surface area (Å²) in [6.45, 7) is 0.831. The lowest BCUT2D eigenvalue weighted by Crippen LogP contribution is -2.14. The number of amides is 1. The summed E-state index contributed by atoms with van der Waals surface area (Å²) in [4.78, 5) is 16.5. The molecule has 0 aliphatic heterocycles. The highest BCUT2D eigenvalue weighted by Crippen LogP contribution is 2.15. The highest BCUT2D eigenvalue weighted by Gasteiger charge is 2.10. The van der Waals surface area contributed by atoms with Gasteiger partial charge in [-0.1, -0.05) is 42.5 Å². The fourth-order valence-electron chi connectivity index (χ4n) is 2.68. The van der Waals surface area contributed by atoms with Gasteiger partial charge in [-0.25, -0.2) is 4.98 Å². The van der Waals surface area contributed by atoms with Gasteiger partial charge >= 0.3 is 0 Å². The summed E-state index contributed by atoms with van der Waals surface area (Å²) in [6.07, 6.45) is 3.67. The lowest BCUT2D eigenvalue weighted by molar-refractivity contribution is 0.102. The van der Waals surface area contributed by atoms with Crippen molar-refractivity contribution in [1.29, 1.82) is 5.26 Å². The Balaban J connectivity index is 1.51. The number of nitrogens with zero attached hydrogens (tertiary/aromatic N) is 2. The second-order valence-corrected chi connectivity index (χ2v) is 6.06. The summed E-state index contributed by atoms with van der Waals surface area (Å²) < 4.78 is 0. The van der Waals surface area contributed by atoms with Crippen molar-refractivity contribution in [3.05, 3.63) is 89.7 Å². The maximum atomic E-state index is 12.3. The molecule has 0 aliphatic carbocycles. The van der Waals surface area contributed by atoms with Gasteiger partial charge in [-0.15, -0.1) is 0 Å². The number of anilines is 2. The van der Waals surface area contributed by atoms with E-state index in [0.29, 0.717) is 16.9 Å². The molecule has 0 fully saturated rings. The number of hydrogen-bond acceptors (Lipinski definition) is 4. The quantitative estimate of drug-likeness (QED) is 0.620. The Morgan fingerprint density at radius 2 is 1.78 bits per heavy atom. The summed E-state index contributed by atoms with van der Waals surface area (Å²) >= 11 is 0. The molecule has 1 aromatic heterocycles. The molecule has 3 aromatic rings. The van der Waals surface area contributed by atoms with E-state index in [9.17, 15) is 4.79 Å². The number of aromatic nitrogens is 1. The molecule has 27 heavy (non-hydrogen) atoms. The molecule has 1 heterocycles. The van der Waals surface area contributed by atoms with Crippen LogP contribution in [0.2, 0.25) is 0 Å². The first-order valence-electron chi connectivity index (χ1n) is 8.80. The second-order valence-electron chi connectivity index (χ2n) is 6.06. The van der Waals surface area contributed by atoms with E-state index in [4.69, 9.17) is 5.26 Å². The number of benzene rings is 2. The number of carbonyl (C=O) groups excluding carboxylic acids is 1. The molecule has 2 aromatic carbocycles. The minimum Gasteiger partial charge on any atom is -0.384 e. The monoisotopic (exact) mass is 356 g/mol. The summed E-state index contributed by atoms with van der Waals surface area (Å²) in [5.74, 6) is -0.340. The van der Waals surface area contributed by atoms with Crippen LogP contribution in [0, 0.1) is 11.3 Å². The van der Waals surface area contributed by atoms with Crippen molar-refractivity contribution in [3.63, 3.8) is 0 Å². The van der Waals surface area contributed by atoms with Crippen LogP contribution in [-0.2, 0) is 6.42 Å². The summed E-state index contributed by atoms with van der Waals surface area (Å²) in [7, 11) is 0. The molecule has 0 saturated heterocycles. The number of nitriles is 1. The van der Waals surface area contributed by atoms with E-state index in [0.717, 1.165) is 25.1 Å². The van der Waals surface area contributed by atoms with E-state index in [1.54, 1.807) is 36.5 Å². The molecule has 134 valence electrons. The third-order valence-corrected chi connectivity index (χ3v) is 4.11. The van der Waals surface area contributed by atoms with Gasteiger partial charge in [0, 0.05) is 6.54 Å². The zero-order chi connectivity index (χ0) is 18.9. The number of pyridine rings is 1. The Bertz CT molecular complexity index is 931. The van der Waals surface area contributed by atoms with Crippen LogP contribution in [0.15, 0.2) is 72.9 Å². The van der Waals surface area contributed by atoms with Gasteiger partial charge in [-0.3, -0.25) is 4.79 Å². The minimum absolute atomic E-state index is 0.303. The van der Waals surface area contributed by atoms with E-state index < -0.39 is 0 Å². The van der Waals surface area contributed by atoms with Gasteiger partial charge in [0.25, 0.3) is 5.91 Å². The topological polar surface area (TPSA) is 77.8 Å². The minimum atomic E-state index is -0.340. The Labute approximate surface area is 158 Å². The SMILES string of the molecule is N#Cc1ccccc1NC(=O)c1ccc(NCCCc2ccccc2)cn1. The molecule has 0 saturated carbocycles. The van der Waals surface area contributed by atoms with Crippen LogP contribution in [0.1, 0.15) is 28.0 Å². The van der Waals surface area contributed by atoms with E-state index in [1.165, 1.54) is 5.56 Å². The molecule has 5 heteroatoms. The molecule has 2 N–H and O–H groups in total. The number of hydrogen-bond donors (Lipinski definition) is 2. The highest BCUT2D eigenvalue weighted by atomic mass is 16.1. The largest absolute Gasteiger partial charge is 0.384 e. The average molecular weight is 356 g/mol. The second kappa shape index (κ2) is 9.16. The van der Waals surface area contributed by atoms with Crippen molar-refractivity contribution in [2.24, 2.45) is 0 Å². The van der Waals surface area contributed by atoms with Crippen LogP contribution < -0.4 is 10.6 Å². The van der Waals surface area contributed by atoms with E-state index in [-0.39, 0.29) is 5.91 Å². The Morgan fingerprint density at radius 3 is 2.52 bits per heavy atom. The zero-order valence-corrected chi connectivity index (χ0v) is 14.9. The molecule has 0 unspecified atom stereocenters. The smallest absolute Gasteiger partial charge is 0.274 e. The van der Waals surface area contributed by atoms with Crippen molar-refractivity contribution in [1.82, 2.24) is 4.98 Å². The van der Waals surface area contributed by atoms with Crippen LogP contribution in [0.3, 0.4) is 0 Å². The molecule has 5 nitrogen and oxygen atoms in total. The van der Waals surface area contributed by atoms with Crippen molar-refractivity contribution in [3.8, 4) is 6.07 Å². The first-order chi connectivity index (χ1) is 13.3. The third kappa shape index (κ3) is 5.16. The van der Waals surface area contributed by atoms with Crippen LogP contribution in [0.4, 0.5) is 11.4 Å². The van der Waals surface area contributed by atoms with E-state index in [2.05, 4.69) is 33.8 Å². The average Bonchev–Trinajstić information content (AvgIpc) is 2.73. The predicted octanol–water partition coefficient (Wildman–Crippen LogP) is 4.25. The predicted molar refractivity (Wildman–Crippen MR) is 107 cm³/mol. The first kappa shape index (κ1) is 18.2. The van der Waals surface area contributed by atoms with Gasteiger partial charge in [0.15, 0.2) is 0 Å². The Kier molecular flexibility index (Phi) is 6.16. The fraction of sp³-hybridized carbons (Fsp3) is 0.136. The number of carbonyl (C=O) groups is 1. The summed E-state index contributed by atoms with van der Waals surface area (Å²) in [5.41, 5.74) is 3.40. The first-order valence-corrected chi connectivity index (χ1v) is 8.80. The Morgan fingerprint density at radius 1 is 1.00 bits per heavy atom. The van der Waals surface area contributed by atoms with Crippen LogP contribution in [0.25, 0.3) is 0 Å². The third-order valence-electron chi connectivity index (χ3n) is 4.11. The van der Waals surface area contributed by atoms with Crippen molar-refractivity contribution in [2.45, 2.75) is 12.8 Å². The lowest BCUT2D eigenvalue weighted by atomic mass is 10.1. The molecular formula is C22H20N4O. The Hall–Kier alpha value is -3.65. The van der Waals surface area contributed by atoms with Gasteiger partial charge in [-0.05, 0) is 42.7 Å². The van der Waals surface area contributed by atoms with Crippen LogP contribution in [-0.4, -0.2) is 17.4 Å². The maximum Gasteiger partial charge on any atom is 0.274 e. The molecule has 3 rings (SSSR count). The summed E-state index contributed by atoms with van der Waals surface area (Å²) in [5, 5.41) is 15.1. The maximum absolute atomic E-state index is 12.3. The molecule has 0 atom stereocenters. The molecular weight excluding hydrogens is 336 g/mol. The van der Waals surface area contributed by atoms with Crippen LogP contribution >= 0.6 is 0 Å². The lowest BCUT2D eigenvalue weighted by Gasteiger charge is -2.08. The van der Waals surface area contributed by atoms with E-state index >= 15 is 0 Å². The standard InChI is InChI=1S/C22H20N4O/c23-15-18-10-4-5-11-20(18)26-22(27)21-13-12-19(16-25-21)24-14-6-9-17-7-2-1-3-8-17/h1-5,7-8,10-13,16,24H,6,9,14H2,(H,26,27). The van der Waals surface area contributed by atoms with Crippen LogP contribution in [0.5, 0.6) is 0 Å². The fourth-order valence-corrected chi connectivity index (χ4v) is 2.68. The number of aryl methyl sites for hydroxylation is 1. The molecule has 0 aliphatic rings. The van der Waals surface area contributed by atoms with E-state index in [1.807, 2.05) is 24.3 Å². The van der Waals surface area contributed by atoms with Gasteiger partial charge in [0.2, 0.25) is 0 Å². The highest BCUT2D eigenvalue weighted by molar-refractivity contribution is 6.03. The molecule has 0 spiro atoms. The van der Waals surface area contributed by atoms with Crippen molar-refractivity contribution >= 4 is 17.3 Å². The van der Waals surface area contributed by atoms with Gasteiger partial charge in [-0.2, -0.15) is 5.26 Å². The number of rotatable bonds is 7. The van der Waals surface area contributed by atoms with Gasteiger partial charge < -0.3 is 10.6 Å². The summed E-state index contributed by atoms with van der Waals surface area (Å²) in [6, 6.07) is 22.8. The zero-order valence-electron chi connectivity index (χ0n) is 14.9. The van der Waals surface area contributed by atoms with Crippen molar-refractivity contribution < 1.29 is 4.79 Å². The van der Waals surface area contributed by atoms with Crippen molar-refractivity contribution in [2.75, 3.05) is 17.2 Å².